The summed E-state index contributed by atoms with van der Waals surface area (Å²) in [7, 11) is 1.38. The Morgan fingerprint density at radius 1 is 1.12 bits per heavy atom. The fraction of sp³-hybridized carbons (Fsp3) is 0.333. The summed E-state index contributed by atoms with van der Waals surface area (Å²) in [6.45, 7) is 1.98. The second kappa shape index (κ2) is 7.87. The van der Waals surface area contributed by atoms with E-state index in [-0.39, 0.29) is 11.5 Å². The van der Waals surface area contributed by atoms with Crippen molar-refractivity contribution in [2.75, 3.05) is 12.4 Å². The van der Waals surface area contributed by atoms with Gasteiger partial charge in [0.05, 0.1) is 18.2 Å². The molecule has 0 heterocycles. The first-order chi connectivity index (χ1) is 12.5. The maximum absolute atomic E-state index is 11.8. The largest absolute Gasteiger partial charge is 0.465 e. The van der Waals surface area contributed by atoms with Crippen molar-refractivity contribution in [3.8, 4) is 0 Å². The van der Waals surface area contributed by atoms with Crippen molar-refractivity contribution in [3.05, 3.63) is 65.2 Å². The predicted molar refractivity (Wildman–Crippen MR) is 108 cm³/mol. The van der Waals surface area contributed by atoms with Crippen LogP contribution in [0.2, 0.25) is 0 Å². The average Bonchev–Trinajstić information content (AvgIpc) is 3.13. The first-order valence-electron chi connectivity index (χ1n) is 8.88. The number of ether oxygens (including phenoxy) is 1. The molecule has 136 valence electrons. The van der Waals surface area contributed by atoms with Crippen LogP contribution in [0, 0.1) is 6.92 Å². The molecule has 0 amide bonds. The molecule has 26 heavy (non-hydrogen) atoms. The fourth-order valence-corrected chi connectivity index (χ4v) is 3.90. The maximum atomic E-state index is 11.8. The molecular formula is C21H24N2O2S. The summed E-state index contributed by atoms with van der Waals surface area (Å²) in [4.78, 5) is 11.8. The number of rotatable bonds is 4. The number of anilines is 1. The first kappa shape index (κ1) is 18.4. The van der Waals surface area contributed by atoms with Crippen molar-refractivity contribution in [3.63, 3.8) is 0 Å². The Morgan fingerprint density at radius 3 is 2.46 bits per heavy atom. The standard InChI is InChI=1S/C21H24N2O2S/c1-15-10-11-16(19(24)25-2)14-18(15)22-20(26)23-21(12-6-7-13-21)17-8-4-3-5-9-17/h3-5,8-11,14H,6-7,12-13H2,1-2H3,(H2,22,23,26). The summed E-state index contributed by atoms with van der Waals surface area (Å²) in [6, 6.07) is 15.9. The third-order valence-electron chi connectivity index (χ3n) is 5.04. The molecule has 1 saturated carbocycles. The van der Waals surface area contributed by atoms with E-state index in [9.17, 15) is 4.79 Å². The molecule has 5 heteroatoms. The molecule has 0 saturated heterocycles. The monoisotopic (exact) mass is 368 g/mol. The van der Waals surface area contributed by atoms with Gasteiger partial charge in [-0.1, -0.05) is 49.2 Å². The fourth-order valence-electron chi connectivity index (χ4n) is 3.59. The molecule has 0 aliphatic heterocycles. The first-order valence-corrected chi connectivity index (χ1v) is 9.28. The third-order valence-corrected chi connectivity index (χ3v) is 5.25. The van der Waals surface area contributed by atoms with Crippen LogP contribution in [0.5, 0.6) is 0 Å². The molecule has 1 aliphatic carbocycles. The minimum absolute atomic E-state index is 0.126. The van der Waals surface area contributed by atoms with Gasteiger partial charge in [-0.2, -0.15) is 0 Å². The zero-order valence-corrected chi connectivity index (χ0v) is 16.0. The summed E-state index contributed by atoms with van der Waals surface area (Å²) in [5, 5.41) is 7.38. The van der Waals surface area contributed by atoms with Gasteiger partial charge in [0, 0.05) is 5.69 Å². The summed E-state index contributed by atoms with van der Waals surface area (Å²) >= 11 is 5.60. The van der Waals surface area contributed by atoms with Crippen LogP contribution in [-0.4, -0.2) is 18.2 Å². The minimum atomic E-state index is -0.358. The van der Waals surface area contributed by atoms with Crippen LogP contribution in [0.25, 0.3) is 0 Å². The maximum Gasteiger partial charge on any atom is 0.337 e. The summed E-state index contributed by atoms with van der Waals surface area (Å²) < 4.78 is 4.80. The van der Waals surface area contributed by atoms with E-state index in [1.165, 1.54) is 25.5 Å². The van der Waals surface area contributed by atoms with Crippen LogP contribution in [0.3, 0.4) is 0 Å². The number of methoxy groups -OCH3 is 1. The van der Waals surface area contributed by atoms with E-state index in [4.69, 9.17) is 17.0 Å². The molecular weight excluding hydrogens is 344 g/mol. The summed E-state index contributed by atoms with van der Waals surface area (Å²) in [5.41, 5.74) is 3.47. The molecule has 2 N–H and O–H groups in total. The Labute approximate surface area is 160 Å². The number of esters is 1. The number of carbonyl (C=O) groups is 1. The number of thiocarbonyl (C=S) groups is 1. The average molecular weight is 369 g/mol. The van der Waals surface area contributed by atoms with Gasteiger partial charge in [0.15, 0.2) is 5.11 Å². The van der Waals surface area contributed by atoms with E-state index in [1.807, 2.05) is 19.1 Å². The van der Waals surface area contributed by atoms with Gasteiger partial charge >= 0.3 is 5.97 Å². The zero-order chi connectivity index (χ0) is 18.6. The van der Waals surface area contributed by atoms with Crippen molar-refractivity contribution in [1.29, 1.82) is 0 Å². The minimum Gasteiger partial charge on any atom is -0.465 e. The molecule has 0 atom stereocenters. The molecule has 1 fully saturated rings. The van der Waals surface area contributed by atoms with Crippen molar-refractivity contribution in [2.24, 2.45) is 0 Å². The van der Waals surface area contributed by atoms with E-state index < -0.39 is 0 Å². The molecule has 2 aromatic rings. The highest BCUT2D eigenvalue weighted by atomic mass is 32.1. The summed E-state index contributed by atoms with van der Waals surface area (Å²) in [6.07, 6.45) is 4.47. The zero-order valence-electron chi connectivity index (χ0n) is 15.2. The van der Waals surface area contributed by atoms with Crippen molar-refractivity contribution >= 4 is 29.0 Å². The number of hydrogen-bond donors (Lipinski definition) is 2. The molecule has 0 spiro atoms. The van der Waals surface area contributed by atoms with E-state index in [1.54, 1.807) is 12.1 Å². The van der Waals surface area contributed by atoms with Gasteiger partial charge in [0.25, 0.3) is 0 Å². The lowest BCUT2D eigenvalue weighted by Crippen LogP contribution is -2.45. The predicted octanol–water partition coefficient (Wildman–Crippen LogP) is 4.54. The summed E-state index contributed by atoms with van der Waals surface area (Å²) in [5.74, 6) is -0.358. The highest BCUT2D eigenvalue weighted by Crippen LogP contribution is 2.38. The van der Waals surface area contributed by atoms with E-state index in [0.717, 1.165) is 24.1 Å². The van der Waals surface area contributed by atoms with Crippen LogP contribution in [-0.2, 0) is 10.3 Å². The highest BCUT2D eigenvalue weighted by molar-refractivity contribution is 7.80. The molecule has 2 aromatic carbocycles. The lowest BCUT2D eigenvalue weighted by molar-refractivity contribution is 0.0601. The van der Waals surface area contributed by atoms with Gasteiger partial charge in [-0.15, -0.1) is 0 Å². The second-order valence-corrected chi connectivity index (χ2v) is 7.16. The van der Waals surface area contributed by atoms with Crippen LogP contribution < -0.4 is 10.6 Å². The lowest BCUT2D eigenvalue weighted by atomic mass is 9.88. The SMILES string of the molecule is COC(=O)c1ccc(C)c(NC(=S)NC2(c3ccccc3)CCCC2)c1. The van der Waals surface area contributed by atoms with Gasteiger partial charge in [-0.25, -0.2) is 4.79 Å². The van der Waals surface area contributed by atoms with Gasteiger partial charge in [0.1, 0.15) is 0 Å². The Balaban J connectivity index is 1.79. The molecule has 0 aromatic heterocycles. The van der Waals surface area contributed by atoms with Crippen LogP contribution in [0.4, 0.5) is 5.69 Å². The molecule has 1 aliphatic rings. The quantitative estimate of drug-likeness (QED) is 0.613. The Hall–Kier alpha value is -2.40. The lowest BCUT2D eigenvalue weighted by Gasteiger charge is -2.32. The Bertz CT molecular complexity index is 799. The normalized spacial score (nSPS) is 15.3. The Kier molecular flexibility index (Phi) is 5.57. The topological polar surface area (TPSA) is 50.4 Å². The Morgan fingerprint density at radius 2 is 1.81 bits per heavy atom. The van der Waals surface area contributed by atoms with Crippen LogP contribution in [0.15, 0.2) is 48.5 Å². The van der Waals surface area contributed by atoms with E-state index in [2.05, 4.69) is 34.9 Å². The smallest absolute Gasteiger partial charge is 0.337 e. The van der Waals surface area contributed by atoms with E-state index >= 15 is 0 Å². The number of nitrogens with one attached hydrogen (secondary N) is 2. The van der Waals surface area contributed by atoms with Crippen molar-refractivity contribution in [1.82, 2.24) is 5.32 Å². The molecule has 0 unspecified atom stereocenters. The molecule has 0 bridgehead atoms. The third kappa shape index (κ3) is 3.88. The van der Waals surface area contributed by atoms with Crippen molar-refractivity contribution in [2.45, 2.75) is 38.1 Å². The van der Waals surface area contributed by atoms with Crippen molar-refractivity contribution < 1.29 is 9.53 Å². The number of benzene rings is 2. The number of hydrogen-bond acceptors (Lipinski definition) is 3. The molecule has 0 radical (unpaired) electrons. The van der Waals surface area contributed by atoms with Gasteiger partial charge in [-0.05, 0) is 55.2 Å². The van der Waals surface area contributed by atoms with Gasteiger partial charge in [-0.3, -0.25) is 0 Å². The highest BCUT2D eigenvalue weighted by Gasteiger charge is 2.36. The molecule has 4 nitrogen and oxygen atoms in total. The van der Waals surface area contributed by atoms with E-state index in [0.29, 0.717) is 10.7 Å². The molecule has 3 rings (SSSR count). The number of carbonyl (C=O) groups excluding carboxylic acids is 1. The van der Waals surface area contributed by atoms with Gasteiger partial charge < -0.3 is 15.4 Å². The van der Waals surface area contributed by atoms with Crippen LogP contribution in [0.1, 0.15) is 47.2 Å². The second-order valence-electron chi connectivity index (χ2n) is 6.76. The van der Waals surface area contributed by atoms with Gasteiger partial charge in [0.2, 0.25) is 0 Å². The number of aryl methyl sites for hydroxylation is 1. The van der Waals surface area contributed by atoms with Crippen LogP contribution >= 0.6 is 12.2 Å².